The maximum absolute atomic E-state index is 12.4. The number of carbonyl (C=O) groups excluding carboxylic acids is 1. The van der Waals surface area contributed by atoms with Gasteiger partial charge in [0.2, 0.25) is 0 Å². The van der Waals surface area contributed by atoms with E-state index in [2.05, 4.69) is 10.2 Å². The van der Waals surface area contributed by atoms with Crippen molar-refractivity contribution >= 4 is 5.91 Å². The zero-order valence-corrected chi connectivity index (χ0v) is 14.0. The second kappa shape index (κ2) is 7.46. The summed E-state index contributed by atoms with van der Waals surface area (Å²) in [6, 6.07) is 3.45. The molecule has 2 aliphatic rings. The zero-order chi connectivity index (χ0) is 17.1. The number of aryl methyl sites for hydroxylation is 1. The highest BCUT2D eigenvalue weighted by Crippen LogP contribution is 2.24. The number of fused-ring (bicyclic) bond motifs is 1. The van der Waals surface area contributed by atoms with E-state index in [1.54, 1.807) is 16.8 Å². The quantitative estimate of drug-likeness (QED) is 0.780. The first-order valence-corrected chi connectivity index (χ1v) is 8.58. The fourth-order valence-electron chi connectivity index (χ4n) is 3.54. The topological polar surface area (TPSA) is 83.8 Å². The Hall–Kier alpha value is -1.70. The van der Waals surface area contributed by atoms with Crippen LogP contribution < -0.4 is 10.9 Å². The summed E-state index contributed by atoms with van der Waals surface area (Å²) in [5, 5.41) is 12.1. The summed E-state index contributed by atoms with van der Waals surface area (Å²) in [7, 11) is 0. The van der Waals surface area contributed by atoms with Crippen LogP contribution in [0, 0.1) is 0 Å². The zero-order valence-electron chi connectivity index (χ0n) is 14.0. The van der Waals surface area contributed by atoms with Crippen LogP contribution in [0.2, 0.25) is 0 Å². The third kappa shape index (κ3) is 3.68. The monoisotopic (exact) mass is 335 g/mol. The third-order valence-corrected chi connectivity index (χ3v) is 4.88. The van der Waals surface area contributed by atoms with Crippen LogP contribution in [0.1, 0.15) is 30.1 Å². The molecule has 1 aromatic heterocycles. The van der Waals surface area contributed by atoms with Gasteiger partial charge in [-0.2, -0.15) is 0 Å². The Kier molecular flexibility index (Phi) is 5.33. The predicted octanol–water partition coefficient (Wildman–Crippen LogP) is -0.178. The Labute approximate surface area is 141 Å². The molecule has 3 heterocycles. The molecule has 2 N–H and O–H groups in total. The third-order valence-electron chi connectivity index (χ3n) is 4.88. The van der Waals surface area contributed by atoms with Gasteiger partial charge in [-0.25, -0.2) is 0 Å². The Balaban J connectivity index is 1.58. The van der Waals surface area contributed by atoms with E-state index in [-0.39, 0.29) is 30.2 Å². The molecule has 0 aliphatic carbocycles. The molecule has 2 aliphatic heterocycles. The summed E-state index contributed by atoms with van der Waals surface area (Å²) >= 11 is 0. The second-order valence-corrected chi connectivity index (χ2v) is 6.52. The van der Waals surface area contributed by atoms with E-state index in [4.69, 9.17) is 9.84 Å². The van der Waals surface area contributed by atoms with Crippen molar-refractivity contribution in [3.05, 3.63) is 34.2 Å². The molecule has 0 aromatic carbocycles. The average Bonchev–Trinajstić information content (AvgIpc) is 2.96. The van der Waals surface area contributed by atoms with E-state index in [1.807, 2.05) is 6.92 Å². The highest BCUT2D eigenvalue weighted by molar-refractivity contribution is 5.94. The van der Waals surface area contributed by atoms with E-state index < -0.39 is 0 Å². The predicted molar refractivity (Wildman–Crippen MR) is 89.1 cm³/mol. The number of aliphatic hydroxyl groups excluding tert-OH is 1. The Morgan fingerprint density at radius 1 is 1.46 bits per heavy atom. The van der Waals surface area contributed by atoms with Gasteiger partial charge in [0.05, 0.1) is 12.7 Å². The number of hydrogen-bond acceptors (Lipinski definition) is 5. The van der Waals surface area contributed by atoms with E-state index >= 15 is 0 Å². The fourth-order valence-corrected chi connectivity index (χ4v) is 3.54. The molecule has 7 heteroatoms. The molecule has 0 saturated carbocycles. The Morgan fingerprint density at radius 2 is 2.29 bits per heavy atom. The molecule has 24 heavy (non-hydrogen) atoms. The number of morpholine rings is 1. The summed E-state index contributed by atoms with van der Waals surface area (Å²) < 4.78 is 7.31. The Morgan fingerprint density at radius 3 is 3.00 bits per heavy atom. The number of aromatic nitrogens is 1. The lowest BCUT2D eigenvalue weighted by atomic mass is 10.1. The first-order valence-electron chi connectivity index (χ1n) is 8.58. The summed E-state index contributed by atoms with van der Waals surface area (Å²) in [6.07, 6.45) is 3.22. The maximum Gasteiger partial charge on any atom is 0.251 e. The van der Waals surface area contributed by atoms with Crippen LogP contribution in [-0.4, -0.2) is 65.0 Å². The lowest BCUT2D eigenvalue weighted by Crippen LogP contribution is -2.46. The molecule has 2 saturated heterocycles. The van der Waals surface area contributed by atoms with Gasteiger partial charge in [-0.05, 0) is 25.8 Å². The minimum Gasteiger partial charge on any atom is -0.396 e. The van der Waals surface area contributed by atoms with Gasteiger partial charge in [0.1, 0.15) is 0 Å². The molecule has 0 unspecified atom stereocenters. The molecular weight excluding hydrogens is 310 g/mol. The summed E-state index contributed by atoms with van der Waals surface area (Å²) in [4.78, 5) is 26.6. The number of amides is 1. The van der Waals surface area contributed by atoms with Gasteiger partial charge in [0.15, 0.2) is 0 Å². The first-order chi connectivity index (χ1) is 11.6. The van der Waals surface area contributed by atoms with Crippen molar-refractivity contribution in [2.45, 2.75) is 44.5 Å². The van der Waals surface area contributed by atoms with Crippen molar-refractivity contribution in [2.24, 2.45) is 0 Å². The number of pyridine rings is 1. The summed E-state index contributed by atoms with van der Waals surface area (Å²) in [5.41, 5.74) is 0.248. The van der Waals surface area contributed by atoms with Gasteiger partial charge >= 0.3 is 0 Å². The van der Waals surface area contributed by atoms with Crippen molar-refractivity contribution in [1.29, 1.82) is 0 Å². The molecule has 132 valence electrons. The van der Waals surface area contributed by atoms with Gasteiger partial charge < -0.3 is 19.7 Å². The minimum absolute atomic E-state index is 0.0626. The molecule has 0 spiro atoms. The minimum atomic E-state index is -0.201. The lowest BCUT2D eigenvalue weighted by Gasteiger charge is -2.34. The lowest BCUT2D eigenvalue weighted by molar-refractivity contribution is -0.0566. The number of ether oxygens (including phenoxy) is 1. The molecule has 1 aromatic rings. The van der Waals surface area contributed by atoms with Gasteiger partial charge in [0, 0.05) is 56.2 Å². The summed E-state index contributed by atoms with van der Waals surface area (Å²) in [6.45, 7) is 4.84. The maximum atomic E-state index is 12.4. The van der Waals surface area contributed by atoms with Crippen LogP contribution in [0.5, 0.6) is 0 Å². The van der Waals surface area contributed by atoms with Crippen LogP contribution in [0.25, 0.3) is 0 Å². The van der Waals surface area contributed by atoms with Crippen molar-refractivity contribution in [1.82, 2.24) is 14.8 Å². The number of nitrogens with one attached hydrogen (secondary N) is 1. The second-order valence-electron chi connectivity index (χ2n) is 6.52. The largest absolute Gasteiger partial charge is 0.396 e. The van der Waals surface area contributed by atoms with E-state index in [9.17, 15) is 9.59 Å². The van der Waals surface area contributed by atoms with Crippen molar-refractivity contribution in [3.63, 3.8) is 0 Å². The molecule has 1 amide bonds. The highest BCUT2D eigenvalue weighted by Gasteiger charge is 2.37. The highest BCUT2D eigenvalue weighted by atomic mass is 16.5. The smallest absolute Gasteiger partial charge is 0.251 e. The van der Waals surface area contributed by atoms with Crippen molar-refractivity contribution in [3.8, 4) is 0 Å². The van der Waals surface area contributed by atoms with Gasteiger partial charge in [-0.15, -0.1) is 0 Å². The van der Waals surface area contributed by atoms with Crippen LogP contribution >= 0.6 is 0 Å². The van der Waals surface area contributed by atoms with Gasteiger partial charge in [-0.3, -0.25) is 14.5 Å². The molecule has 3 rings (SSSR count). The molecule has 2 fully saturated rings. The summed E-state index contributed by atoms with van der Waals surface area (Å²) in [5.74, 6) is -0.201. The molecule has 3 atom stereocenters. The van der Waals surface area contributed by atoms with Crippen LogP contribution in [0.15, 0.2) is 23.1 Å². The van der Waals surface area contributed by atoms with Crippen LogP contribution in [-0.2, 0) is 11.3 Å². The van der Waals surface area contributed by atoms with Crippen LogP contribution in [0.4, 0.5) is 0 Å². The van der Waals surface area contributed by atoms with E-state index in [0.717, 1.165) is 19.5 Å². The normalized spacial score (nSPS) is 27.0. The molecule has 7 nitrogen and oxygen atoms in total. The standard InChI is InChI=1S/C17H25N3O4/c1-2-19-5-3-12(7-16(19)22)17(23)18-13-8-14-11-24-15(4-6-21)10-20(14)9-13/h3,5,7,13-15,21H,2,4,6,8-11H2,1H3,(H,18,23)/t13-,14-,15-/m0/s1. The average molecular weight is 335 g/mol. The number of hydrogen-bond donors (Lipinski definition) is 2. The number of aliphatic hydroxyl groups is 1. The van der Waals surface area contributed by atoms with Gasteiger partial charge in [-0.1, -0.05) is 0 Å². The molecular formula is C17H25N3O4. The SMILES string of the molecule is CCn1ccc(C(=O)N[C@H]2C[C@H]3CO[C@@H](CCO)CN3C2)cc1=O. The number of rotatable bonds is 5. The molecule has 0 radical (unpaired) electrons. The van der Waals surface area contributed by atoms with Crippen molar-refractivity contribution in [2.75, 3.05) is 26.3 Å². The van der Waals surface area contributed by atoms with E-state index in [0.29, 0.717) is 31.2 Å². The van der Waals surface area contributed by atoms with Crippen LogP contribution in [0.3, 0.4) is 0 Å². The Bertz CT molecular complexity index is 645. The first kappa shape index (κ1) is 17.1. The van der Waals surface area contributed by atoms with Crippen molar-refractivity contribution < 1.29 is 14.6 Å². The number of nitrogens with zero attached hydrogens (tertiary/aromatic N) is 2. The number of carbonyl (C=O) groups is 1. The van der Waals surface area contributed by atoms with E-state index in [1.165, 1.54) is 6.07 Å². The molecule has 0 bridgehead atoms. The fraction of sp³-hybridized carbons (Fsp3) is 0.647. The van der Waals surface area contributed by atoms with Gasteiger partial charge in [0.25, 0.3) is 11.5 Å².